The molecule has 1 saturated heterocycles. The Hall–Kier alpha value is -2.74. The predicted molar refractivity (Wildman–Crippen MR) is 97.3 cm³/mol. The normalized spacial score (nSPS) is 16.5. The number of hydrogen-bond donors (Lipinski definition) is 2. The molecule has 0 saturated carbocycles. The van der Waals surface area contributed by atoms with E-state index in [0.29, 0.717) is 11.3 Å². The number of nitrogens with one attached hydrogen (secondary N) is 1. The molecule has 0 unspecified atom stereocenters. The largest absolute Gasteiger partial charge is 0.465 e. The minimum Gasteiger partial charge on any atom is -0.465 e. The molecule has 1 fully saturated rings. The third-order valence-corrected chi connectivity index (χ3v) is 4.76. The van der Waals surface area contributed by atoms with Crippen LogP contribution in [-0.2, 0) is 4.74 Å². The van der Waals surface area contributed by atoms with E-state index in [4.69, 9.17) is 9.84 Å². The van der Waals surface area contributed by atoms with Crippen molar-refractivity contribution >= 4 is 29.6 Å². The molecule has 2 aromatic rings. The second-order valence-corrected chi connectivity index (χ2v) is 6.57. The van der Waals surface area contributed by atoms with Gasteiger partial charge in [0, 0.05) is 10.5 Å². The first-order valence-electron chi connectivity index (χ1n) is 7.87. The van der Waals surface area contributed by atoms with Gasteiger partial charge in [-0.3, -0.25) is 4.90 Å². The number of nitrogens with zero attached hydrogens (tertiary/aromatic N) is 1. The summed E-state index contributed by atoms with van der Waals surface area (Å²) >= 11 is 1.61. The summed E-state index contributed by atoms with van der Waals surface area (Å²) in [5.74, 6) is -0.445. The van der Waals surface area contributed by atoms with Crippen molar-refractivity contribution in [2.45, 2.75) is 11.0 Å². The molecule has 0 aliphatic carbocycles. The van der Waals surface area contributed by atoms with Crippen LogP contribution in [0.5, 0.6) is 0 Å². The van der Waals surface area contributed by atoms with E-state index in [1.54, 1.807) is 23.9 Å². The van der Waals surface area contributed by atoms with Gasteiger partial charge in [-0.1, -0.05) is 12.1 Å². The summed E-state index contributed by atoms with van der Waals surface area (Å²) in [4.78, 5) is 24.9. The molecule has 136 valence electrons. The van der Waals surface area contributed by atoms with E-state index in [1.807, 2.05) is 30.5 Å². The number of anilines is 1. The van der Waals surface area contributed by atoms with Gasteiger partial charge in [0.1, 0.15) is 11.9 Å². The highest BCUT2D eigenvalue weighted by Crippen LogP contribution is 2.30. The van der Waals surface area contributed by atoms with Crippen LogP contribution in [0.1, 0.15) is 0 Å². The minimum atomic E-state index is -1.19. The molecule has 2 aromatic carbocycles. The molecule has 3 rings (SSSR count). The number of ether oxygens (including phenoxy) is 1. The van der Waals surface area contributed by atoms with Gasteiger partial charge in [-0.05, 0) is 42.2 Å². The average molecular weight is 376 g/mol. The summed E-state index contributed by atoms with van der Waals surface area (Å²) < 4.78 is 19.7. The number of thioether (sulfide) groups is 1. The molecule has 8 heteroatoms. The van der Waals surface area contributed by atoms with Gasteiger partial charge in [-0.15, -0.1) is 11.8 Å². The lowest BCUT2D eigenvalue weighted by Gasteiger charge is -2.14. The van der Waals surface area contributed by atoms with E-state index < -0.39 is 24.1 Å². The highest BCUT2D eigenvalue weighted by molar-refractivity contribution is 7.98. The maximum Gasteiger partial charge on any atom is 0.414 e. The van der Waals surface area contributed by atoms with Crippen molar-refractivity contribution in [2.24, 2.45) is 0 Å². The number of hydrogen-bond acceptors (Lipinski definition) is 4. The Kier molecular flexibility index (Phi) is 5.32. The number of cyclic esters (lactones) is 1. The molecule has 2 amide bonds. The zero-order valence-corrected chi connectivity index (χ0v) is 14.8. The first kappa shape index (κ1) is 18.1. The number of carbonyl (C=O) groups is 2. The fourth-order valence-electron chi connectivity index (χ4n) is 2.72. The maximum atomic E-state index is 14.6. The van der Waals surface area contributed by atoms with E-state index in [2.05, 4.69) is 5.32 Å². The smallest absolute Gasteiger partial charge is 0.414 e. The molecule has 0 bridgehead atoms. The van der Waals surface area contributed by atoms with Crippen LogP contribution in [0.25, 0.3) is 11.1 Å². The first-order chi connectivity index (χ1) is 12.5. The highest BCUT2D eigenvalue weighted by Gasteiger charge is 2.32. The minimum absolute atomic E-state index is 0.0140. The Morgan fingerprint density at radius 1 is 1.35 bits per heavy atom. The molecule has 1 aliphatic heterocycles. The van der Waals surface area contributed by atoms with E-state index in [0.717, 1.165) is 10.5 Å². The second kappa shape index (κ2) is 7.65. The molecule has 0 spiro atoms. The van der Waals surface area contributed by atoms with Gasteiger partial charge >= 0.3 is 12.2 Å². The average Bonchev–Trinajstić information content (AvgIpc) is 3.01. The lowest BCUT2D eigenvalue weighted by molar-refractivity contribution is 0.136. The highest BCUT2D eigenvalue weighted by atomic mass is 32.2. The van der Waals surface area contributed by atoms with Crippen LogP contribution in [0.2, 0.25) is 0 Å². The van der Waals surface area contributed by atoms with Crippen molar-refractivity contribution in [1.29, 1.82) is 0 Å². The maximum absolute atomic E-state index is 14.6. The SMILES string of the molecule is CSc1ccc(-c2ccc(N3C[C@@H](CNC(=O)O)OC3=O)cc2F)cc1. The Labute approximate surface area is 154 Å². The van der Waals surface area contributed by atoms with Crippen LogP contribution in [0.4, 0.5) is 19.7 Å². The van der Waals surface area contributed by atoms with Crippen LogP contribution in [0.3, 0.4) is 0 Å². The van der Waals surface area contributed by atoms with Gasteiger partial charge in [-0.25, -0.2) is 14.0 Å². The summed E-state index contributed by atoms with van der Waals surface area (Å²) in [7, 11) is 0. The Balaban J connectivity index is 1.76. The number of carbonyl (C=O) groups excluding carboxylic acids is 1. The lowest BCUT2D eigenvalue weighted by atomic mass is 10.0. The number of benzene rings is 2. The van der Waals surface area contributed by atoms with Gasteiger partial charge in [0.05, 0.1) is 18.8 Å². The summed E-state index contributed by atoms with van der Waals surface area (Å²) in [5.41, 5.74) is 1.56. The monoisotopic (exact) mass is 376 g/mol. The quantitative estimate of drug-likeness (QED) is 0.776. The molecule has 1 aliphatic rings. The summed E-state index contributed by atoms with van der Waals surface area (Å²) in [5, 5.41) is 10.8. The topological polar surface area (TPSA) is 78.9 Å². The van der Waals surface area contributed by atoms with Gasteiger partial charge in [0.25, 0.3) is 0 Å². The van der Waals surface area contributed by atoms with E-state index >= 15 is 0 Å². The lowest BCUT2D eigenvalue weighted by Crippen LogP contribution is -2.33. The predicted octanol–water partition coefficient (Wildman–Crippen LogP) is 3.81. The van der Waals surface area contributed by atoms with Crippen molar-refractivity contribution in [3.8, 4) is 11.1 Å². The second-order valence-electron chi connectivity index (χ2n) is 5.70. The number of rotatable bonds is 5. The van der Waals surface area contributed by atoms with Gasteiger partial charge in [0.15, 0.2) is 0 Å². The Bertz CT molecular complexity index is 828. The fourth-order valence-corrected chi connectivity index (χ4v) is 3.12. The molecular formula is C18H17FN2O4S. The van der Waals surface area contributed by atoms with Crippen molar-refractivity contribution in [1.82, 2.24) is 5.32 Å². The van der Waals surface area contributed by atoms with E-state index in [1.165, 1.54) is 11.0 Å². The molecule has 0 aromatic heterocycles. The molecule has 6 nitrogen and oxygen atoms in total. The van der Waals surface area contributed by atoms with Crippen molar-refractivity contribution in [2.75, 3.05) is 24.2 Å². The Morgan fingerprint density at radius 3 is 2.69 bits per heavy atom. The molecule has 2 N–H and O–H groups in total. The fraction of sp³-hybridized carbons (Fsp3) is 0.222. The first-order valence-corrected chi connectivity index (χ1v) is 9.09. The number of amides is 2. The molecule has 1 heterocycles. The Morgan fingerprint density at radius 2 is 2.08 bits per heavy atom. The number of carboxylic acid groups (broad SMARTS) is 1. The van der Waals surface area contributed by atoms with Crippen LogP contribution in [-0.4, -0.2) is 42.7 Å². The van der Waals surface area contributed by atoms with Crippen molar-refractivity contribution in [3.63, 3.8) is 0 Å². The molecule has 0 radical (unpaired) electrons. The number of halogens is 1. The van der Waals surface area contributed by atoms with Crippen LogP contribution in [0, 0.1) is 5.82 Å². The zero-order valence-electron chi connectivity index (χ0n) is 13.9. The molecule has 1 atom stereocenters. The third kappa shape index (κ3) is 3.91. The summed E-state index contributed by atoms with van der Waals surface area (Å²) in [6, 6.07) is 12.1. The van der Waals surface area contributed by atoms with E-state index in [-0.39, 0.29) is 13.1 Å². The molecule has 26 heavy (non-hydrogen) atoms. The van der Waals surface area contributed by atoms with Crippen molar-refractivity contribution in [3.05, 3.63) is 48.3 Å². The van der Waals surface area contributed by atoms with Gasteiger partial charge < -0.3 is 15.2 Å². The van der Waals surface area contributed by atoms with Gasteiger partial charge in [-0.2, -0.15) is 0 Å². The van der Waals surface area contributed by atoms with E-state index in [9.17, 15) is 14.0 Å². The summed E-state index contributed by atoms with van der Waals surface area (Å²) in [6.45, 7) is 0.139. The van der Waals surface area contributed by atoms with Crippen LogP contribution >= 0.6 is 11.8 Å². The standard InChI is InChI=1S/C18H17FN2O4S/c1-26-14-5-2-11(3-6-14)15-7-4-12(8-16(15)19)21-10-13(25-18(21)24)9-20-17(22)23/h2-8,13,20H,9-10H2,1H3,(H,22,23)/t13-/m1/s1. The zero-order chi connectivity index (χ0) is 18.7. The third-order valence-electron chi connectivity index (χ3n) is 4.02. The molecular weight excluding hydrogens is 359 g/mol. The van der Waals surface area contributed by atoms with Crippen molar-refractivity contribution < 1.29 is 23.8 Å². The van der Waals surface area contributed by atoms with Gasteiger partial charge in [0.2, 0.25) is 0 Å². The summed E-state index contributed by atoms with van der Waals surface area (Å²) in [6.07, 6.45) is -0.458. The van der Waals surface area contributed by atoms with Crippen LogP contribution < -0.4 is 10.2 Å². The van der Waals surface area contributed by atoms with Crippen LogP contribution in [0.15, 0.2) is 47.4 Å².